The molecule has 1 fully saturated rings. The molecule has 0 spiro atoms. The van der Waals surface area contributed by atoms with Gasteiger partial charge in [0.2, 0.25) is 0 Å². The van der Waals surface area contributed by atoms with E-state index in [0.29, 0.717) is 13.0 Å². The molecule has 2 heterocycles. The average Bonchev–Trinajstić information content (AvgIpc) is 2.86. The van der Waals surface area contributed by atoms with E-state index in [-0.39, 0.29) is 0 Å². The van der Waals surface area contributed by atoms with Crippen LogP contribution in [-0.2, 0) is 13.5 Å². The monoisotopic (exact) mass is 231 g/mol. The molecule has 1 atom stereocenters. The summed E-state index contributed by atoms with van der Waals surface area (Å²) in [5, 5.41) is 19.3. The first-order chi connectivity index (χ1) is 8.18. The summed E-state index contributed by atoms with van der Waals surface area (Å²) in [5.41, 5.74) is 1.50. The number of nitrogens with zero attached hydrogens (tertiary/aromatic N) is 2. The summed E-state index contributed by atoms with van der Waals surface area (Å²) in [5.74, 6) is 0. The second-order valence-electron chi connectivity index (χ2n) is 4.92. The van der Waals surface area contributed by atoms with E-state index in [9.17, 15) is 5.11 Å². The molecule has 2 aromatic rings. The van der Waals surface area contributed by atoms with E-state index in [1.54, 1.807) is 0 Å². The molecule has 0 aliphatic carbocycles. The van der Waals surface area contributed by atoms with Gasteiger partial charge in [-0.3, -0.25) is 4.68 Å². The van der Waals surface area contributed by atoms with Crippen LogP contribution in [0.5, 0.6) is 0 Å². The molecule has 1 aliphatic heterocycles. The largest absolute Gasteiger partial charge is 0.388 e. The molecule has 1 saturated heterocycles. The topological polar surface area (TPSA) is 50.1 Å². The average molecular weight is 231 g/mol. The predicted octanol–water partition coefficient (Wildman–Crippen LogP) is 0.840. The van der Waals surface area contributed by atoms with Crippen LogP contribution < -0.4 is 5.32 Å². The van der Waals surface area contributed by atoms with Crippen molar-refractivity contribution < 1.29 is 5.11 Å². The standard InChI is InChI=1S/C13H17N3O/c1-16-12(8-13(17)6-7-14-9-13)10-4-2-3-5-11(10)15-16/h2-5,14,17H,6-9H2,1H3. The summed E-state index contributed by atoms with van der Waals surface area (Å²) in [6.45, 7) is 1.57. The maximum absolute atomic E-state index is 10.4. The van der Waals surface area contributed by atoms with Crippen molar-refractivity contribution in [1.82, 2.24) is 15.1 Å². The zero-order chi connectivity index (χ0) is 11.9. The highest BCUT2D eigenvalue weighted by Gasteiger charge is 2.32. The Hall–Kier alpha value is -1.39. The van der Waals surface area contributed by atoms with Gasteiger partial charge >= 0.3 is 0 Å². The summed E-state index contributed by atoms with van der Waals surface area (Å²) in [7, 11) is 1.95. The van der Waals surface area contributed by atoms with E-state index in [2.05, 4.69) is 16.5 Å². The Bertz CT molecular complexity index is 541. The number of β-amino-alcohol motifs (C(OH)–C–C–N with tert-alkyl or cyclic N) is 1. The van der Waals surface area contributed by atoms with Crippen molar-refractivity contribution in [2.24, 2.45) is 7.05 Å². The van der Waals surface area contributed by atoms with Crippen molar-refractivity contribution >= 4 is 10.9 Å². The molecule has 0 radical (unpaired) electrons. The van der Waals surface area contributed by atoms with Crippen molar-refractivity contribution in [3.8, 4) is 0 Å². The molecule has 1 aromatic heterocycles. The third kappa shape index (κ3) is 1.83. The Balaban J connectivity index is 2.02. The van der Waals surface area contributed by atoms with Crippen LogP contribution >= 0.6 is 0 Å². The maximum Gasteiger partial charge on any atom is 0.0926 e. The first-order valence-electron chi connectivity index (χ1n) is 6.02. The number of rotatable bonds is 2. The van der Waals surface area contributed by atoms with Crippen LogP contribution in [0.3, 0.4) is 0 Å². The van der Waals surface area contributed by atoms with Crippen LogP contribution in [0.2, 0.25) is 0 Å². The van der Waals surface area contributed by atoms with Crippen LogP contribution in [0.4, 0.5) is 0 Å². The fourth-order valence-electron chi connectivity index (χ4n) is 2.60. The zero-order valence-electron chi connectivity index (χ0n) is 9.98. The van der Waals surface area contributed by atoms with Gasteiger partial charge in [0.25, 0.3) is 0 Å². The quantitative estimate of drug-likeness (QED) is 0.805. The minimum absolute atomic E-state index is 0.615. The minimum atomic E-state index is -0.615. The van der Waals surface area contributed by atoms with Gasteiger partial charge in [-0.2, -0.15) is 5.10 Å². The van der Waals surface area contributed by atoms with Crippen LogP contribution in [0.25, 0.3) is 10.9 Å². The van der Waals surface area contributed by atoms with Crippen LogP contribution in [0, 0.1) is 0 Å². The van der Waals surface area contributed by atoms with E-state index in [1.165, 1.54) is 0 Å². The van der Waals surface area contributed by atoms with Gasteiger partial charge in [-0.1, -0.05) is 18.2 Å². The lowest BCUT2D eigenvalue weighted by Gasteiger charge is -2.21. The van der Waals surface area contributed by atoms with Crippen molar-refractivity contribution in [2.45, 2.75) is 18.4 Å². The summed E-state index contributed by atoms with van der Waals surface area (Å²) in [4.78, 5) is 0. The molecular weight excluding hydrogens is 214 g/mol. The molecule has 90 valence electrons. The highest BCUT2D eigenvalue weighted by molar-refractivity contribution is 5.81. The predicted molar refractivity (Wildman–Crippen MR) is 66.9 cm³/mol. The molecule has 2 N–H and O–H groups in total. The van der Waals surface area contributed by atoms with Crippen molar-refractivity contribution in [3.05, 3.63) is 30.0 Å². The van der Waals surface area contributed by atoms with Crippen LogP contribution in [0.1, 0.15) is 12.1 Å². The van der Waals surface area contributed by atoms with E-state index < -0.39 is 5.60 Å². The normalized spacial score (nSPS) is 24.6. The van der Waals surface area contributed by atoms with Gasteiger partial charge < -0.3 is 10.4 Å². The highest BCUT2D eigenvalue weighted by atomic mass is 16.3. The van der Waals surface area contributed by atoms with Gasteiger partial charge in [-0.25, -0.2) is 0 Å². The summed E-state index contributed by atoms with van der Waals surface area (Å²) in [6, 6.07) is 8.09. The molecule has 4 nitrogen and oxygen atoms in total. The summed E-state index contributed by atoms with van der Waals surface area (Å²) < 4.78 is 1.89. The van der Waals surface area contributed by atoms with Gasteiger partial charge in [0.05, 0.1) is 11.1 Å². The van der Waals surface area contributed by atoms with Crippen LogP contribution in [-0.4, -0.2) is 33.6 Å². The van der Waals surface area contributed by atoms with E-state index in [4.69, 9.17) is 0 Å². The Kier molecular flexibility index (Phi) is 2.42. The fraction of sp³-hybridized carbons (Fsp3) is 0.462. The molecule has 4 heteroatoms. The molecule has 1 unspecified atom stereocenters. The first-order valence-corrected chi connectivity index (χ1v) is 6.02. The van der Waals surface area contributed by atoms with Crippen molar-refractivity contribution in [2.75, 3.05) is 13.1 Å². The number of hydrogen-bond acceptors (Lipinski definition) is 3. The maximum atomic E-state index is 10.4. The number of aliphatic hydroxyl groups is 1. The molecule has 1 aliphatic rings. The van der Waals surface area contributed by atoms with Crippen LogP contribution in [0.15, 0.2) is 24.3 Å². The Morgan fingerprint density at radius 1 is 1.47 bits per heavy atom. The van der Waals surface area contributed by atoms with Gasteiger partial charge in [0.1, 0.15) is 0 Å². The lowest BCUT2D eigenvalue weighted by molar-refractivity contribution is 0.0602. The first kappa shape index (κ1) is 10.7. The van der Waals surface area contributed by atoms with E-state index in [1.807, 2.05) is 29.9 Å². The lowest BCUT2D eigenvalue weighted by atomic mass is 9.95. The summed E-state index contributed by atoms with van der Waals surface area (Å²) in [6.07, 6.45) is 1.48. The number of nitrogens with one attached hydrogen (secondary N) is 1. The number of hydrogen-bond donors (Lipinski definition) is 2. The molecule has 1 aromatic carbocycles. The highest BCUT2D eigenvalue weighted by Crippen LogP contribution is 2.25. The molecular formula is C13H17N3O. The van der Waals surface area contributed by atoms with Crippen molar-refractivity contribution in [3.63, 3.8) is 0 Å². The van der Waals surface area contributed by atoms with Gasteiger partial charge in [0.15, 0.2) is 0 Å². The van der Waals surface area contributed by atoms with Gasteiger partial charge in [0, 0.05) is 31.1 Å². The second kappa shape index (κ2) is 3.82. The number of benzene rings is 1. The van der Waals surface area contributed by atoms with Gasteiger partial charge in [-0.15, -0.1) is 0 Å². The number of aromatic nitrogens is 2. The Morgan fingerprint density at radius 3 is 3.06 bits per heavy atom. The molecule has 0 amide bonds. The molecule has 17 heavy (non-hydrogen) atoms. The third-order valence-corrected chi connectivity index (χ3v) is 3.58. The number of fused-ring (bicyclic) bond motifs is 1. The second-order valence-corrected chi connectivity index (χ2v) is 4.92. The smallest absolute Gasteiger partial charge is 0.0926 e. The van der Waals surface area contributed by atoms with E-state index >= 15 is 0 Å². The molecule has 0 bridgehead atoms. The fourth-order valence-corrected chi connectivity index (χ4v) is 2.60. The van der Waals surface area contributed by atoms with Crippen molar-refractivity contribution in [1.29, 1.82) is 0 Å². The zero-order valence-corrected chi connectivity index (χ0v) is 9.98. The molecule has 3 rings (SSSR count). The van der Waals surface area contributed by atoms with Gasteiger partial charge in [-0.05, 0) is 19.0 Å². The number of aryl methyl sites for hydroxylation is 1. The summed E-state index contributed by atoms with van der Waals surface area (Å²) >= 11 is 0. The Labute approximate surface area is 100 Å². The lowest BCUT2D eigenvalue weighted by Crippen LogP contribution is -2.34. The SMILES string of the molecule is Cn1nc2ccccc2c1CC1(O)CCNC1. The third-order valence-electron chi connectivity index (χ3n) is 3.58. The molecule has 0 saturated carbocycles. The van der Waals surface area contributed by atoms with E-state index in [0.717, 1.165) is 29.6 Å². The minimum Gasteiger partial charge on any atom is -0.388 e. The Morgan fingerprint density at radius 2 is 2.29 bits per heavy atom.